The van der Waals surface area contributed by atoms with Crippen molar-refractivity contribution in [3.8, 4) is 11.1 Å². The number of hydrogen-bond acceptors (Lipinski definition) is 2. The van der Waals surface area contributed by atoms with Crippen LogP contribution >= 0.6 is 0 Å². The Morgan fingerprint density at radius 2 is 1.80 bits per heavy atom. The average molecular weight is 280 g/mol. The molecule has 0 N–H and O–H groups in total. The van der Waals surface area contributed by atoms with E-state index in [0.29, 0.717) is 0 Å². The van der Waals surface area contributed by atoms with Gasteiger partial charge >= 0.3 is 5.97 Å². The summed E-state index contributed by atoms with van der Waals surface area (Å²) in [6, 6.07) is 5.48. The molecule has 0 amide bonds. The van der Waals surface area contributed by atoms with Crippen molar-refractivity contribution in [2.24, 2.45) is 0 Å². The van der Waals surface area contributed by atoms with Crippen LogP contribution < -0.4 is 0 Å². The van der Waals surface area contributed by atoms with Gasteiger partial charge in [0, 0.05) is 0 Å². The van der Waals surface area contributed by atoms with Gasteiger partial charge in [0.25, 0.3) is 0 Å². The van der Waals surface area contributed by atoms with E-state index in [0.717, 1.165) is 25.3 Å². The zero-order valence-corrected chi connectivity index (χ0v) is 10.8. The van der Waals surface area contributed by atoms with Crippen LogP contribution in [0.5, 0.6) is 0 Å². The highest BCUT2D eigenvalue weighted by Crippen LogP contribution is 2.29. The highest BCUT2D eigenvalue weighted by Gasteiger charge is 2.17. The van der Waals surface area contributed by atoms with Crippen LogP contribution in [-0.4, -0.2) is 13.1 Å². The van der Waals surface area contributed by atoms with Crippen molar-refractivity contribution in [3.63, 3.8) is 0 Å². The Morgan fingerprint density at radius 3 is 2.45 bits per heavy atom. The molecule has 0 aliphatic heterocycles. The van der Waals surface area contributed by atoms with Gasteiger partial charge in [-0.2, -0.15) is 0 Å². The van der Waals surface area contributed by atoms with Crippen molar-refractivity contribution in [2.75, 3.05) is 7.11 Å². The van der Waals surface area contributed by atoms with Crippen molar-refractivity contribution >= 4 is 5.97 Å². The van der Waals surface area contributed by atoms with E-state index in [-0.39, 0.29) is 22.3 Å². The van der Waals surface area contributed by atoms with E-state index in [2.05, 4.69) is 4.74 Å². The quantitative estimate of drug-likeness (QED) is 0.781. The molecule has 0 aliphatic carbocycles. The minimum absolute atomic E-state index is 0.0518. The Bertz CT molecular complexity index is 681. The normalized spacial score (nSPS) is 10.4. The van der Waals surface area contributed by atoms with Crippen LogP contribution in [0.4, 0.5) is 13.2 Å². The first-order valence-electron chi connectivity index (χ1n) is 5.78. The Labute approximate surface area is 113 Å². The van der Waals surface area contributed by atoms with Crippen molar-refractivity contribution in [1.29, 1.82) is 0 Å². The molecule has 0 aromatic heterocycles. The molecule has 0 saturated heterocycles. The molecular formula is C15H11F3O2. The van der Waals surface area contributed by atoms with Gasteiger partial charge in [-0.3, -0.25) is 0 Å². The van der Waals surface area contributed by atoms with E-state index in [9.17, 15) is 18.0 Å². The molecule has 104 valence electrons. The topological polar surface area (TPSA) is 26.3 Å². The maximum Gasteiger partial charge on any atom is 0.337 e. The lowest BCUT2D eigenvalue weighted by Gasteiger charge is -2.09. The first-order valence-corrected chi connectivity index (χ1v) is 5.78. The number of methoxy groups -OCH3 is 1. The predicted molar refractivity (Wildman–Crippen MR) is 67.8 cm³/mol. The van der Waals surface area contributed by atoms with Gasteiger partial charge in [0.1, 0.15) is 17.5 Å². The second kappa shape index (κ2) is 5.36. The molecular weight excluding hydrogens is 269 g/mol. The number of carbonyl (C=O) groups is 1. The van der Waals surface area contributed by atoms with Gasteiger partial charge in [0.15, 0.2) is 0 Å². The van der Waals surface area contributed by atoms with Crippen LogP contribution in [0.15, 0.2) is 30.3 Å². The van der Waals surface area contributed by atoms with E-state index < -0.39 is 23.4 Å². The van der Waals surface area contributed by atoms with Crippen molar-refractivity contribution in [1.82, 2.24) is 0 Å². The van der Waals surface area contributed by atoms with Gasteiger partial charge in [-0.1, -0.05) is 6.07 Å². The maximum absolute atomic E-state index is 14.0. The fourth-order valence-corrected chi connectivity index (χ4v) is 1.89. The van der Waals surface area contributed by atoms with Gasteiger partial charge in [0.05, 0.1) is 18.2 Å². The highest BCUT2D eigenvalue weighted by molar-refractivity contribution is 5.91. The van der Waals surface area contributed by atoms with E-state index in [1.807, 2.05) is 0 Å². The number of aryl methyl sites for hydroxylation is 1. The maximum atomic E-state index is 14.0. The van der Waals surface area contributed by atoms with E-state index in [1.54, 1.807) is 0 Å². The molecule has 0 atom stereocenters. The molecule has 0 fully saturated rings. The standard InChI is InChI=1S/C15H11F3O2/c1-8-3-4-12(17)13(14(8)18)9-5-10(15(19)20-2)7-11(16)6-9/h3-7H,1-2H3. The minimum atomic E-state index is -0.825. The lowest BCUT2D eigenvalue weighted by molar-refractivity contribution is 0.0600. The SMILES string of the molecule is COC(=O)c1cc(F)cc(-c2c(F)ccc(C)c2F)c1. The third-order valence-electron chi connectivity index (χ3n) is 2.89. The van der Waals surface area contributed by atoms with Crippen molar-refractivity contribution in [2.45, 2.75) is 6.92 Å². The number of halogens is 3. The summed E-state index contributed by atoms with van der Waals surface area (Å²) in [5.74, 6) is -3.16. The molecule has 2 aromatic carbocycles. The van der Waals surface area contributed by atoms with Crippen LogP contribution in [0.25, 0.3) is 11.1 Å². The van der Waals surface area contributed by atoms with E-state index in [1.165, 1.54) is 19.1 Å². The molecule has 0 radical (unpaired) electrons. The summed E-state index contributed by atoms with van der Waals surface area (Å²) in [6.07, 6.45) is 0. The Kier molecular flexibility index (Phi) is 3.79. The average Bonchev–Trinajstić information content (AvgIpc) is 2.42. The number of hydrogen-bond donors (Lipinski definition) is 0. The summed E-state index contributed by atoms with van der Waals surface area (Å²) in [4.78, 5) is 11.4. The molecule has 0 bridgehead atoms. The summed E-state index contributed by atoms with van der Waals surface area (Å²) in [7, 11) is 1.14. The first kappa shape index (κ1) is 14.1. The molecule has 0 aliphatic rings. The lowest BCUT2D eigenvalue weighted by Crippen LogP contribution is -2.03. The highest BCUT2D eigenvalue weighted by atomic mass is 19.1. The third kappa shape index (κ3) is 2.52. The minimum Gasteiger partial charge on any atom is -0.465 e. The predicted octanol–water partition coefficient (Wildman–Crippen LogP) is 3.87. The molecule has 0 spiro atoms. The lowest BCUT2D eigenvalue weighted by atomic mass is 9.99. The summed E-state index contributed by atoms with van der Waals surface area (Å²) in [5.41, 5.74) is -0.299. The Balaban J connectivity index is 2.68. The largest absolute Gasteiger partial charge is 0.465 e. The van der Waals surface area contributed by atoms with Crippen molar-refractivity contribution in [3.05, 3.63) is 58.9 Å². The van der Waals surface area contributed by atoms with Crippen LogP contribution in [-0.2, 0) is 4.74 Å². The van der Waals surface area contributed by atoms with Gasteiger partial charge in [-0.25, -0.2) is 18.0 Å². The van der Waals surface area contributed by atoms with Gasteiger partial charge in [-0.05, 0) is 42.3 Å². The zero-order valence-electron chi connectivity index (χ0n) is 10.8. The molecule has 2 rings (SSSR count). The van der Waals surface area contributed by atoms with Crippen LogP contribution in [0, 0.1) is 24.4 Å². The van der Waals surface area contributed by atoms with Crippen molar-refractivity contribution < 1.29 is 22.7 Å². The fourth-order valence-electron chi connectivity index (χ4n) is 1.89. The van der Waals surface area contributed by atoms with Gasteiger partial charge < -0.3 is 4.74 Å². The molecule has 0 heterocycles. The molecule has 2 aromatic rings. The molecule has 2 nitrogen and oxygen atoms in total. The molecule has 20 heavy (non-hydrogen) atoms. The number of ether oxygens (including phenoxy) is 1. The third-order valence-corrected chi connectivity index (χ3v) is 2.89. The smallest absolute Gasteiger partial charge is 0.337 e. The first-order chi connectivity index (χ1) is 9.43. The summed E-state index contributed by atoms with van der Waals surface area (Å²) < 4.78 is 45.8. The monoisotopic (exact) mass is 280 g/mol. The second-order valence-corrected chi connectivity index (χ2v) is 4.27. The summed E-state index contributed by atoms with van der Waals surface area (Å²) >= 11 is 0. The van der Waals surface area contributed by atoms with Crippen LogP contribution in [0.1, 0.15) is 15.9 Å². The van der Waals surface area contributed by atoms with E-state index in [4.69, 9.17) is 0 Å². The van der Waals surface area contributed by atoms with Gasteiger partial charge in [0.2, 0.25) is 0 Å². The van der Waals surface area contributed by atoms with Gasteiger partial charge in [-0.15, -0.1) is 0 Å². The molecule has 0 unspecified atom stereocenters. The van der Waals surface area contributed by atoms with Crippen LogP contribution in [0.3, 0.4) is 0 Å². The Hall–Kier alpha value is -2.30. The summed E-state index contributed by atoms with van der Waals surface area (Å²) in [6.45, 7) is 1.47. The zero-order chi connectivity index (χ0) is 14.9. The Morgan fingerprint density at radius 1 is 1.10 bits per heavy atom. The second-order valence-electron chi connectivity index (χ2n) is 4.27. The fraction of sp³-hybridized carbons (Fsp3) is 0.133. The molecule has 5 heteroatoms. The number of esters is 1. The van der Waals surface area contributed by atoms with E-state index >= 15 is 0 Å². The van der Waals surface area contributed by atoms with Crippen LogP contribution in [0.2, 0.25) is 0 Å². The summed E-state index contributed by atoms with van der Waals surface area (Å²) in [5, 5.41) is 0. The number of carbonyl (C=O) groups excluding carboxylic acids is 1. The number of rotatable bonds is 2. The number of benzene rings is 2. The molecule has 0 saturated carbocycles.